The lowest BCUT2D eigenvalue weighted by molar-refractivity contribution is -0.128. The van der Waals surface area contributed by atoms with Gasteiger partial charge in [-0.2, -0.15) is 0 Å². The van der Waals surface area contributed by atoms with E-state index in [1.165, 1.54) is 0 Å². The Hall–Kier alpha value is -1.92. The second-order valence-electron chi connectivity index (χ2n) is 5.76. The second kappa shape index (κ2) is 7.91. The van der Waals surface area contributed by atoms with Gasteiger partial charge in [0.15, 0.2) is 5.82 Å². The number of carbonyl (C=O) groups is 2. The van der Waals surface area contributed by atoms with Gasteiger partial charge in [0.25, 0.3) is 0 Å². The first kappa shape index (κ1) is 16.5. The van der Waals surface area contributed by atoms with Crippen molar-refractivity contribution in [1.29, 1.82) is 0 Å². The van der Waals surface area contributed by atoms with E-state index >= 15 is 0 Å². The van der Waals surface area contributed by atoms with E-state index in [4.69, 9.17) is 0 Å². The van der Waals surface area contributed by atoms with Crippen LogP contribution >= 0.6 is 0 Å². The monoisotopic (exact) mass is 307 g/mol. The molecule has 22 heavy (non-hydrogen) atoms. The summed E-state index contributed by atoms with van der Waals surface area (Å²) < 4.78 is 1.97. The molecule has 0 bridgehead atoms. The summed E-state index contributed by atoms with van der Waals surface area (Å²) in [5.41, 5.74) is 0. The van der Waals surface area contributed by atoms with Crippen molar-refractivity contribution >= 4 is 11.8 Å². The summed E-state index contributed by atoms with van der Waals surface area (Å²) in [7, 11) is 0. The highest BCUT2D eigenvalue weighted by atomic mass is 16.2. The van der Waals surface area contributed by atoms with Crippen LogP contribution in [0.4, 0.5) is 0 Å². The van der Waals surface area contributed by atoms with Crippen LogP contribution in [0.15, 0.2) is 6.33 Å². The number of likely N-dealkylation sites (tertiary alicyclic amines) is 1. The van der Waals surface area contributed by atoms with Gasteiger partial charge in [0.05, 0.1) is 6.04 Å². The van der Waals surface area contributed by atoms with Gasteiger partial charge in [-0.3, -0.25) is 9.59 Å². The normalized spacial score (nSPS) is 16.1. The van der Waals surface area contributed by atoms with Gasteiger partial charge in [-0.1, -0.05) is 6.92 Å². The molecule has 0 spiro atoms. The number of hydrogen-bond donors (Lipinski definition) is 1. The Kier molecular flexibility index (Phi) is 5.91. The highest BCUT2D eigenvalue weighted by Gasteiger charge is 2.20. The quantitative estimate of drug-likeness (QED) is 0.784. The number of nitrogens with one attached hydrogen (secondary N) is 1. The molecule has 1 aromatic heterocycles. The zero-order chi connectivity index (χ0) is 15.9. The molecule has 0 aromatic carbocycles. The maximum absolute atomic E-state index is 12.0. The molecule has 7 nitrogen and oxygen atoms in total. The van der Waals surface area contributed by atoms with Crippen LogP contribution in [-0.4, -0.2) is 44.6 Å². The maximum atomic E-state index is 12.0. The summed E-state index contributed by atoms with van der Waals surface area (Å²) in [6, 6.07) is -0.157. The highest BCUT2D eigenvalue weighted by molar-refractivity contribution is 5.78. The molecule has 2 heterocycles. The van der Waals surface area contributed by atoms with Crippen LogP contribution < -0.4 is 5.32 Å². The molecule has 1 saturated heterocycles. The molecular weight excluding hydrogens is 282 g/mol. The van der Waals surface area contributed by atoms with Gasteiger partial charge in [-0.25, -0.2) is 0 Å². The molecule has 0 radical (unpaired) electrons. The van der Waals surface area contributed by atoms with Gasteiger partial charge in [0.1, 0.15) is 6.33 Å². The number of carbonyl (C=O) groups excluding carboxylic acids is 2. The number of aryl methyl sites for hydroxylation is 1. The van der Waals surface area contributed by atoms with Gasteiger partial charge in [-0.15, -0.1) is 10.2 Å². The van der Waals surface area contributed by atoms with E-state index in [1.54, 1.807) is 6.33 Å². The number of amides is 2. The van der Waals surface area contributed by atoms with Crippen molar-refractivity contribution < 1.29 is 9.59 Å². The Balaban J connectivity index is 1.74. The predicted molar refractivity (Wildman–Crippen MR) is 81.9 cm³/mol. The topological polar surface area (TPSA) is 80.1 Å². The molecule has 1 aliphatic heterocycles. The van der Waals surface area contributed by atoms with Crippen LogP contribution in [0.25, 0.3) is 0 Å². The number of nitrogens with zero attached hydrogens (tertiary/aromatic N) is 4. The van der Waals surface area contributed by atoms with Crippen molar-refractivity contribution in [3.63, 3.8) is 0 Å². The van der Waals surface area contributed by atoms with Crippen molar-refractivity contribution in [2.24, 2.45) is 0 Å². The second-order valence-corrected chi connectivity index (χ2v) is 5.76. The third-order valence-corrected chi connectivity index (χ3v) is 3.88. The van der Waals surface area contributed by atoms with Crippen LogP contribution in [-0.2, 0) is 16.1 Å². The van der Waals surface area contributed by atoms with Gasteiger partial charge in [0, 0.05) is 32.5 Å². The molecule has 7 heteroatoms. The van der Waals surface area contributed by atoms with E-state index in [0.29, 0.717) is 25.8 Å². The molecule has 0 aliphatic carbocycles. The summed E-state index contributed by atoms with van der Waals surface area (Å²) in [6.45, 7) is 6.36. The first-order chi connectivity index (χ1) is 10.6. The van der Waals surface area contributed by atoms with Crippen molar-refractivity contribution in [3.05, 3.63) is 12.2 Å². The average Bonchev–Trinajstić information content (AvgIpc) is 3.09. The Labute approximate surface area is 131 Å². The summed E-state index contributed by atoms with van der Waals surface area (Å²) in [5, 5.41) is 10.9. The van der Waals surface area contributed by atoms with E-state index in [0.717, 1.165) is 31.8 Å². The third-order valence-electron chi connectivity index (χ3n) is 3.88. The van der Waals surface area contributed by atoms with Crippen LogP contribution in [0.3, 0.4) is 0 Å². The molecular formula is C15H25N5O2. The summed E-state index contributed by atoms with van der Waals surface area (Å²) in [5.74, 6) is 0.983. The van der Waals surface area contributed by atoms with Crippen LogP contribution in [0, 0.1) is 0 Å². The van der Waals surface area contributed by atoms with Crippen LogP contribution in [0.2, 0.25) is 0 Å². The van der Waals surface area contributed by atoms with Gasteiger partial charge < -0.3 is 14.8 Å². The summed E-state index contributed by atoms with van der Waals surface area (Å²) in [4.78, 5) is 25.3. The van der Waals surface area contributed by atoms with E-state index in [2.05, 4.69) is 22.4 Å². The molecule has 1 aromatic rings. The smallest absolute Gasteiger partial charge is 0.222 e. The first-order valence-corrected chi connectivity index (χ1v) is 8.06. The molecule has 1 aliphatic rings. The SMILES string of the molecule is CCCn1cnnc1[C@@H](C)NC(=O)CCCN1CCCC1=O. The van der Waals surface area contributed by atoms with E-state index in [-0.39, 0.29) is 17.9 Å². The number of hydrogen-bond acceptors (Lipinski definition) is 4. The van der Waals surface area contributed by atoms with Crippen LogP contribution in [0.5, 0.6) is 0 Å². The molecule has 1 N–H and O–H groups in total. The number of rotatable bonds is 8. The third kappa shape index (κ3) is 4.29. The number of aromatic nitrogens is 3. The molecule has 2 amide bonds. The van der Waals surface area contributed by atoms with Crippen molar-refractivity contribution in [1.82, 2.24) is 25.0 Å². The van der Waals surface area contributed by atoms with E-state index in [1.807, 2.05) is 16.4 Å². The standard InChI is InChI=1S/C15H25N5O2/c1-3-8-20-11-16-18-15(20)12(2)17-13(21)6-4-9-19-10-5-7-14(19)22/h11-12H,3-10H2,1-2H3,(H,17,21)/t12-/m1/s1. The van der Waals surface area contributed by atoms with Crippen molar-refractivity contribution in [2.75, 3.05) is 13.1 Å². The van der Waals surface area contributed by atoms with Crippen molar-refractivity contribution in [3.8, 4) is 0 Å². The summed E-state index contributed by atoms with van der Waals surface area (Å²) in [6.07, 6.45) is 5.41. The lowest BCUT2D eigenvalue weighted by Gasteiger charge is -2.16. The predicted octanol–water partition coefficient (Wildman–Crippen LogP) is 1.27. The molecule has 0 unspecified atom stereocenters. The highest BCUT2D eigenvalue weighted by Crippen LogP contribution is 2.12. The zero-order valence-electron chi connectivity index (χ0n) is 13.4. The fourth-order valence-corrected chi connectivity index (χ4v) is 2.76. The average molecular weight is 307 g/mol. The lowest BCUT2D eigenvalue weighted by atomic mass is 10.2. The van der Waals surface area contributed by atoms with Crippen molar-refractivity contribution in [2.45, 2.75) is 58.5 Å². The molecule has 0 saturated carbocycles. The van der Waals surface area contributed by atoms with Crippen LogP contribution in [0.1, 0.15) is 57.8 Å². The molecule has 2 rings (SSSR count). The molecule has 1 atom stereocenters. The van der Waals surface area contributed by atoms with E-state index < -0.39 is 0 Å². The van der Waals surface area contributed by atoms with Gasteiger partial charge in [-0.05, 0) is 26.2 Å². The molecule has 122 valence electrons. The zero-order valence-corrected chi connectivity index (χ0v) is 13.4. The minimum Gasteiger partial charge on any atom is -0.346 e. The Morgan fingerprint density at radius 1 is 1.45 bits per heavy atom. The largest absolute Gasteiger partial charge is 0.346 e. The Morgan fingerprint density at radius 2 is 2.27 bits per heavy atom. The maximum Gasteiger partial charge on any atom is 0.222 e. The molecule has 1 fully saturated rings. The first-order valence-electron chi connectivity index (χ1n) is 8.06. The fraction of sp³-hybridized carbons (Fsp3) is 0.733. The summed E-state index contributed by atoms with van der Waals surface area (Å²) >= 11 is 0. The minimum absolute atomic E-state index is 0.00908. The van der Waals surface area contributed by atoms with Gasteiger partial charge in [0.2, 0.25) is 11.8 Å². The van der Waals surface area contributed by atoms with E-state index in [9.17, 15) is 9.59 Å². The Bertz CT molecular complexity index is 514. The lowest BCUT2D eigenvalue weighted by Crippen LogP contribution is -2.30. The Morgan fingerprint density at radius 3 is 2.95 bits per heavy atom. The van der Waals surface area contributed by atoms with Gasteiger partial charge >= 0.3 is 0 Å². The minimum atomic E-state index is -0.157. The fourth-order valence-electron chi connectivity index (χ4n) is 2.76.